The first kappa shape index (κ1) is 14.9. The van der Waals surface area contributed by atoms with Crippen LogP contribution in [0.25, 0.3) is 0 Å². The van der Waals surface area contributed by atoms with E-state index in [-0.39, 0.29) is 24.5 Å². The number of aliphatic hydroxyl groups excluding tert-OH is 1. The summed E-state index contributed by atoms with van der Waals surface area (Å²) in [5, 5.41) is 30.1. The summed E-state index contributed by atoms with van der Waals surface area (Å²) in [6, 6.07) is 3.21. The fourth-order valence-electron chi connectivity index (χ4n) is 1.76. The van der Waals surface area contributed by atoms with E-state index in [4.69, 9.17) is 5.11 Å². The molecule has 112 valence electrons. The van der Waals surface area contributed by atoms with E-state index in [0.717, 1.165) is 18.2 Å². The third-order valence-electron chi connectivity index (χ3n) is 2.75. The molecule has 0 saturated carbocycles. The SMILES string of the molecule is O=[N+]([O-])c1ccc(F)cc1NCc1cn(CCCO)nn1. The smallest absolute Gasteiger partial charge is 0.292 e. The molecule has 0 spiro atoms. The normalized spacial score (nSPS) is 10.6. The van der Waals surface area contributed by atoms with Gasteiger partial charge < -0.3 is 10.4 Å². The molecule has 0 aliphatic heterocycles. The van der Waals surface area contributed by atoms with Gasteiger partial charge in [-0.2, -0.15) is 0 Å². The van der Waals surface area contributed by atoms with Crippen LogP contribution in [-0.4, -0.2) is 31.6 Å². The zero-order chi connectivity index (χ0) is 15.2. The van der Waals surface area contributed by atoms with E-state index >= 15 is 0 Å². The molecular weight excluding hydrogens is 281 g/mol. The molecule has 9 heteroatoms. The minimum atomic E-state index is -0.583. The van der Waals surface area contributed by atoms with Crippen LogP contribution >= 0.6 is 0 Å². The molecule has 21 heavy (non-hydrogen) atoms. The highest BCUT2D eigenvalue weighted by atomic mass is 19.1. The van der Waals surface area contributed by atoms with Crippen molar-refractivity contribution in [3.8, 4) is 0 Å². The Hall–Kier alpha value is -2.55. The van der Waals surface area contributed by atoms with Crippen LogP contribution in [0, 0.1) is 15.9 Å². The predicted molar refractivity (Wildman–Crippen MR) is 72.1 cm³/mol. The third-order valence-corrected chi connectivity index (χ3v) is 2.75. The topological polar surface area (TPSA) is 106 Å². The lowest BCUT2D eigenvalue weighted by Crippen LogP contribution is -2.03. The number of aromatic nitrogens is 3. The van der Waals surface area contributed by atoms with Crippen LogP contribution in [0.5, 0.6) is 0 Å². The van der Waals surface area contributed by atoms with Crippen molar-refractivity contribution < 1.29 is 14.4 Å². The number of benzene rings is 1. The summed E-state index contributed by atoms with van der Waals surface area (Å²) < 4.78 is 14.7. The van der Waals surface area contributed by atoms with Crippen LogP contribution in [0.15, 0.2) is 24.4 Å². The van der Waals surface area contributed by atoms with Crippen molar-refractivity contribution in [2.45, 2.75) is 19.5 Å². The van der Waals surface area contributed by atoms with Crippen LogP contribution in [0.3, 0.4) is 0 Å². The second kappa shape index (κ2) is 6.75. The molecule has 8 nitrogen and oxygen atoms in total. The van der Waals surface area contributed by atoms with E-state index in [1.54, 1.807) is 10.9 Å². The van der Waals surface area contributed by atoms with E-state index < -0.39 is 10.7 Å². The monoisotopic (exact) mass is 295 g/mol. The van der Waals surface area contributed by atoms with Gasteiger partial charge >= 0.3 is 0 Å². The Bertz CT molecular complexity index is 631. The average molecular weight is 295 g/mol. The number of aliphatic hydroxyl groups is 1. The maximum absolute atomic E-state index is 13.2. The van der Waals surface area contributed by atoms with Gasteiger partial charge in [0.25, 0.3) is 5.69 Å². The number of nitro benzene ring substituents is 1. The fourth-order valence-corrected chi connectivity index (χ4v) is 1.76. The largest absolute Gasteiger partial charge is 0.396 e. The van der Waals surface area contributed by atoms with E-state index in [9.17, 15) is 14.5 Å². The lowest BCUT2D eigenvalue weighted by molar-refractivity contribution is -0.384. The second-order valence-corrected chi connectivity index (χ2v) is 4.32. The fraction of sp³-hybridized carbons (Fsp3) is 0.333. The quantitative estimate of drug-likeness (QED) is 0.589. The van der Waals surface area contributed by atoms with Crippen molar-refractivity contribution in [2.24, 2.45) is 0 Å². The summed E-state index contributed by atoms with van der Waals surface area (Å²) in [4.78, 5) is 10.3. The molecule has 0 saturated heterocycles. The van der Waals surface area contributed by atoms with Gasteiger partial charge in [-0.3, -0.25) is 14.8 Å². The van der Waals surface area contributed by atoms with Crippen molar-refractivity contribution in [3.05, 3.63) is 46.0 Å². The Morgan fingerprint density at radius 2 is 2.29 bits per heavy atom. The molecule has 0 radical (unpaired) electrons. The van der Waals surface area contributed by atoms with Gasteiger partial charge in [0.2, 0.25) is 0 Å². The van der Waals surface area contributed by atoms with Gasteiger partial charge in [-0.1, -0.05) is 5.21 Å². The average Bonchev–Trinajstić information content (AvgIpc) is 2.90. The standard InChI is InChI=1S/C12H14FN5O3/c13-9-2-3-12(18(20)21)11(6-9)14-7-10-8-17(16-15-10)4-1-5-19/h2-3,6,8,14,19H,1,4-5,7H2. The van der Waals surface area contributed by atoms with Gasteiger partial charge in [0.05, 0.1) is 17.7 Å². The van der Waals surface area contributed by atoms with Gasteiger partial charge in [-0.15, -0.1) is 5.10 Å². The molecule has 0 aliphatic rings. The highest BCUT2D eigenvalue weighted by Crippen LogP contribution is 2.25. The summed E-state index contributed by atoms with van der Waals surface area (Å²) >= 11 is 0. The van der Waals surface area contributed by atoms with Crippen LogP contribution in [0.1, 0.15) is 12.1 Å². The van der Waals surface area contributed by atoms with E-state index in [1.165, 1.54) is 0 Å². The van der Waals surface area contributed by atoms with Crippen LogP contribution in [0.4, 0.5) is 15.8 Å². The predicted octanol–water partition coefficient (Wildman–Crippen LogP) is 1.32. The molecule has 0 atom stereocenters. The first-order valence-electron chi connectivity index (χ1n) is 6.28. The maximum atomic E-state index is 13.2. The van der Waals surface area contributed by atoms with Crippen molar-refractivity contribution >= 4 is 11.4 Å². The first-order valence-corrected chi connectivity index (χ1v) is 6.28. The zero-order valence-electron chi connectivity index (χ0n) is 11.1. The molecule has 1 aromatic carbocycles. The molecule has 0 unspecified atom stereocenters. The van der Waals surface area contributed by atoms with Gasteiger partial charge in [0, 0.05) is 25.3 Å². The van der Waals surface area contributed by atoms with E-state index in [2.05, 4.69) is 15.6 Å². The van der Waals surface area contributed by atoms with E-state index in [1.807, 2.05) is 0 Å². The van der Waals surface area contributed by atoms with Gasteiger partial charge in [0.15, 0.2) is 0 Å². The Morgan fingerprint density at radius 1 is 1.48 bits per heavy atom. The Morgan fingerprint density at radius 3 is 3.00 bits per heavy atom. The molecule has 1 aromatic heterocycles. The molecule has 2 N–H and O–H groups in total. The molecule has 2 aromatic rings. The zero-order valence-corrected chi connectivity index (χ0v) is 11.1. The summed E-state index contributed by atoms with van der Waals surface area (Å²) in [6.45, 7) is 0.774. The molecular formula is C12H14FN5O3. The Labute approximate surface area is 119 Å². The molecule has 0 amide bonds. The Kier molecular flexibility index (Phi) is 4.77. The number of hydrogen-bond acceptors (Lipinski definition) is 6. The summed E-state index contributed by atoms with van der Waals surface area (Å²) in [7, 11) is 0. The number of halogens is 1. The summed E-state index contributed by atoms with van der Waals surface area (Å²) in [6.07, 6.45) is 2.22. The lowest BCUT2D eigenvalue weighted by atomic mass is 10.2. The van der Waals surface area contributed by atoms with Crippen molar-refractivity contribution in [1.29, 1.82) is 0 Å². The third kappa shape index (κ3) is 3.96. The van der Waals surface area contributed by atoms with Gasteiger partial charge in [0.1, 0.15) is 17.2 Å². The highest BCUT2D eigenvalue weighted by molar-refractivity contribution is 5.61. The number of anilines is 1. The number of aryl methyl sites for hydroxylation is 1. The lowest BCUT2D eigenvalue weighted by Gasteiger charge is -2.05. The maximum Gasteiger partial charge on any atom is 0.292 e. The van der Waals surface area contributed by atoms with Crippen molar-refractivity contribution in [3.63, 3.8) is 0 Å². The minimum Gasteiger partial charge on any atom is -0.396 e. The van der Waals surface area contributed by atoms with Crippen molar-refractivity contribution in [1.82, 2.24) is 15.0 Å². The Balaban J connectivity index is 2.04. The highest BCUT2D eigenvalue weighted by Gasteiger charge is 2.14. The van der Waals surface area contributed by atoms with Crippen molar-refractivity contribution in [2.75, 3.05) is 11.9 Å². The summed E-state index contributed by atoms with van der Waals surface area (Å²) in [5.41, 5.74) is 0.445. The van der Waals surface area contributed by atoms with Gasteiger partial charge in [-0.25, -0.2) is 4.39 Å². The first-order chi connectivity index (χ1) is 10.1. The van der Waals surface area contributed by atoms with E-state index in [0.29, 0.717) is 18.7 Å². The number of rotatable bonds is 7. The molecule has 2 rings (SSSR count). The van der Waals surface area contributed by atoms with Gasteiger partial charge in [-0.05, 0) is 12.5 Å². The molecule has 0 aliphatic carbocycles. The number of nitrogens with one attached hydrogen (secondary N) is 1. The number of nitrogens with zero attached hydrogens (tertiary/aromatic N) is 4. The molecule has 0 bridgehead atoms. The molecule has 1 heterocycles. The van der Waals surface area contributed by atoms with Crippen LogP contribution < -0.4 is 5.32 Å². The number of hydrogen-bond donors (Lipinski definition) is 2. The summed E-state index contributed by atoms with van der Waals surface area (Å²) in [5.74, 6) is -0.560. The number of nitro groups is 1. The second-order valence-electron chi connectivity index (χ2n) is 4.32. The van der Waals surface area contributed by atoms with Crippen LogP contribution in [0.2, 0.25) is 0 Å². The molecule has 0 fully saturated rings. The van der Waals surface area contributed by atoms with Crippen LogP contribution in [-0.2, 0) is 13.1 Å². The minimum absolute atomic E-state index is 0.0585.